The highest BCUT2D eigenvalue weighted by molar-refractivity contribution is 5.88. The van der Waals surface area contributed by atoms with E-state index in [1.807, 2.05) is 30.3 Å². The maximum Gasteiger partial charge on any atom is 0.329 e. The van der Waals surface area contributed by atoms with Crippen molar-refractivity contribution in [3.63, 3.8) is 0 Å². The minimum absolute atomic E-state index is 0.132. The van der Waals surface area contributed by atoms with E-state index in [9.17, 15) is 9.59 Å². The van der Waals surface area contributed by atoms with Crippen LogP contribution in [0, 0.1) is 11.8 Å². The summed E-state index contributed by atoms with van der Waals surface area (Å²) in [6.07, 6.45) is 2.57. The van der Waals surface area contributed by atoms with Gasteiger partial charge in [0.1, 0.15) is 12.6 Å². The Kier molecular flexibility index (Phi) is 3.95. The number of rotatable bonds is 4. The van der Waals surface area contributed by atoms with Gasteiger partial charge in [-0.1, -0.05) is 37.3 Å². The van der Waals surface area contributed by atoms with Crippen LogP contribution < -0.4 is 0 Å². The maximum atomic E-state index is 12.3. The Morgan fingerprint density at radius 1 is 1.29 bits per heavy atom. The molecule has 0 unspecified atom stereocenters. The summed E-state index contributed by atoms with van der Waals surface area (Å²) in [5.41, 5.74) is 0.970. The summed E-state index contributed by atoms with van der Waals surface area (Å²) in [5.74, 6) is 0.478. The first kappa shape index (κ1) is 14.1. The van der Waals surface area contributed by atoms with Crippen molar-refractivity contribution in [3.05, 3.63) is 35.9 Å². The van der Waals surface area contributed by atoms with E-state index < -0.39 is 0 Å². The fourth-order valence-electron chi connectivity index (χ4n) is 2.98. The summed E-state index contributed by atoms with van der Waals surface area (Å²) < 4.78 is 5.39. The van der Waals surface area contributed by atoms with Gasteiger partial charge in [-0.15, -0.1) is 0 Å². The van der Waals surface area contributed by atoms with Gasteiger partial charge in [0.15, 0.2) is 0 Å². The maximum absolute atomic E-state index is 12.3. The summed E-state index contributed by atoms with van der Waals surface area (Å²) in [7, 11) is 0. The number of carbonyl (C=O) groups is 2. The van der Waals surface area contributed by atoms with Crippen LogP contribution in [0.25, 0.3) is 0 Å². The van der Waals surface area contributed by atoms with Crippen molar-refractivity contribution >= 4 is 11.9 Å². The van der Waals surface area contributed by atoms with Gasteiger partial charge >= 0.3 is 5.97 Å². The van der Waals surface area contributed by atoms with E-state index in [0.717, 1.165) is 24.8 Å². The average molecular weight is 287 g/mol. The highest BCUT2D eigenvalue weighted by Gasteiger charge is 2.45. The van der Waals surface area contributed by atoms with Gasteiger partial charge in [-0.2, -0.15) is 0 Å². The van der Waals surface area contributed by atoms with Crippen molar-refractivity contribution in [3.8, 4) is 0 Å². The summed E-state index contributed by atoms with van der Waals surface area (Å²) >= 11 is 0. The first-order chi connectivity index (χ1) is 10.2. The molecule has 1 aromatic rings. The van der Waals surface area contributed by atoms with Gasteiger partial charge in [-0.3, -0.25) is 4.79 Å². The van der Waals surface area contributed by atoms with Gasteiger partial charge in [0.2, 0.25) is 5.91 Å². The van der Waals surface area contributed by atoms with Crippen LogP contribution >= 0.6 is 0 Å². The predicted molar refractivity (Wildman–Crippen MR) is 78.2 cm³/mol. The van der Waals surface area contributed by atoms with E-state index in [0.29, 0.717) is 12.5 Å². The van der Waals surface area contributed by atoms with Gasteiger partial charge in [0.25, 0.3) is 0 Å². The Balaban J connectivity index is 1.57. The smallest absolute Gasteiger partial charge is 0.329 e. The Morgan fingerprint density at radius 2 is 2.00 bits per heavy atom. The molecule has 2 fully saturated rings. The monoisotopic (exact) mass is 287 g/mol. The third-order valence-electron chi connectivity index (χ3n) is 4.46. The van der Waals surface area contributed by atoms with Crippen LogP contribution in [-0.2, 0) is 20.9 Å². The molecular weight excluding hydrogens is 266 g/mol. The summed E-state index contributed by atoms with van der Waals surface area (Å²) in [6.45, 7) is 3.05. The zero-order chi connectivity index (χ0) is 14.8. The van der Waals surface area contributed by atoms with E-state index >= 15 is 0 Å². The first-order valence-corrected chi connectivity index (χ1v) is 7.68. The zero-order valence-corrected chi connectivity index (χ0v) is 12.3. The lowest BCUT2D eigenvalue weighted by Gasteiger charge is -2.23. The molecular formula is C17H21NO3. The van der Waals surface area contributed by atoms with Gasteiger partial charge < -0.3 is 9.64 Å². The normalized spacial score (nSPS) is 27.5. The largest absolute Gasteiger partial charge is 0.459 e. The molecule has 4 nitrogen and oxygen atoms in total. The molecule has 3 atom stereocenters. The first-order valence-electron chi connectivity index (χ1n) is 7.68. The second kappa shape index (κ2) is 5.88. The van der Waals surface area contributed by atoms with Gasteiger partial charge in [-0.05, 0) is 30.7 Å². The van der Waals surface area contributed by atoms with E-state index in [-0.39, 0.29) is 30.4 Å². The highest BCUT2D eigenvalue weighted by Crippen LogP contribution is 2.40. The molecule has 1 saturated carbocycles. The van der Waals surface area contributed by atoms with E-state index in [1.165, 1.54) is 0 Å². The number of nitrogens with zero attached hydrogens (tertiary/aromatic N) is 1. The Labute approximate surface area is 125 Å². The number of hydrogen-bond donors (Lipinski definition) is 0. The SMILES string of the molecule is C[C@@H]1C[C@H]1C(=O)N1CCC[C@@H]1C(=O)OCc1ccccc1. The fourth-order valence-corrected chi connectivity index (χ4v) is 2.98. The molecule has 0 radical (unpaired) electrons. The molecule has 4 heteroatoms. The lowest BCUT2D eigenvalue weighted by atomic mass is 10.2. The Morgan fingerprint density at radius 3 is 2.67 bits per heavy atom. The standard InChI is InChI=1S/C17H21NO3/c1-12-10-14(12)16(19)18-9-5-8-15(18)17(20)21-11-13-6-3-2-4-7-13/h2-4,6-7,12,14-15H,5,8-11H2,1H3/t12-,14-,15-/m1/s1. The fraction of sp³-hybridized carbons (Fsp3) is 0.529. The number of esters is 1. The summed E-state index contributed by atoms with van der Waals surface area (Å²) in [5, 5.41) is 0. The second-order valence-corrected chi connectivity index (χ2v) is 6.10. The van der Waals surface area contributed by atoms with Gasteiger partial charge in [0.05, 0.1) is 0 Å². The highest BCUT2D eigenvalue weighted by atomic mass is 16.5. The molecule has 1 aliphatic carbocycles. The molecule has 1 heterocycles. The number of benzene rings is 1. The number of carbonyl (C=O) groups excluding carboxylic acids is 2. The minimum atomic E-state index is -0.381. The third kappa shape index (κ3) is 3.09. The second-order valence-electron chi connectivity index (χ2n) is 6.10. The van der Waals surface area contributed by atoms with Crippen molar-refractivity contribution in [2.24, 2.45) is 11.8 Å². The van der Waals surface area contributed by atoms with Crippen LogP contribution in [0.3, 0.4) is 0 Å². The minimum Gasteiger partial charge on any atom is -0.459 e. The molecule has 0 spiro atoms. The number of hydrogen-bond acceptors (Lipinski definition) is 3. The number of likely N-dealkylation sites (tertiary alicyclic amines) is 1. The van der Waals surface area contributed by atoms with E-state index in [1.54, 1.807) is 4.90 Å². The Hall–Kier alpha value is -1.84. The molecule has 112 valence electrons. The van der Waals surface area contributed by atoms with Crippen LogP contribution in [0.2, 0.25) is 0 Å². The molecule has 1 saturated heterocycles. The molecule has 1 amide bonds. The molecule has 3 rings (SSSR count). The molecule has 0 bridgehead atoms. The van der Waals surface area contributed by atoms with Gasteiger partial charge in [-0.25, -0.2) is 4.79 Å². The third-order valence-corrected chi connectivity index (χ3v) is 4.46. The molecule has 21 heavy (non-hydrogen) atoms. The van der Waals surface area contributed by atoms with Gasteiger partial charge in [0, 0.05) is 12.5 Å². The predicted octanol–water partition coefficient (Wildman–Crippen LogP) is 2.38. The van der Waals surface area contributed by atoms with Crippen LogP contribution in [0.4, 0.5) is 0 Å². The quantitative estimate of drug-likeness (QED) is 0.799. The molecule has 1 aromatic carbocycles. The lowest BCUT2D eigenvalue weighted by Crippen LogP contribution is -2.42. The van der Waals surface area contributed by atoms with Crippen molar-refractivity contribution in [2.45, 2.75) is 38.8 Å². The molecule has 0 aromatic heterocycles. The lowest BCUT2D eigenvalue weighted by molar-refractivity contribution is -0.155. The molecule has 2 aliphatic rings. The van der Waals surface area contributed by atoms with Crippen LogP contribution in [-0.4, -0.2) is 29.4 Å². The van der Waals surface area contributed by atoms with Crippen LogP contribution in [0.1, 0.15) is 31.7 Å². The van der Waals surface area contributed by atoms with Crippen molar-refractivity contribution < 1.29 is 14.3 Å². The van der Waals surface area contributed by atoms with Crippen molar-refractivity contribution in [1.29, 1.82) is 0 Å². The van der Waals surface area contributed by atoms with Crippen LogP contribution in [0.15, 0.2) is 30.3 Å². The van der Waals surface area contributed by atoms with E-state index in [4.69, 9.17) is 4.74 Å². The van der Waals surface area contributed by atoms with E-state index in [2.05, 4.69) is 6.92 Å². The average Bonchev–Trinajstić information content (AvgIpc) is 3.03. The molecule has 0 N–H and O–H groups in total. The Bertz CT molecular complexity index is 528. The molecule has 1 aliphatic heterocycles. The number of ether oxygens (including phenoxy) is 1. The van der Waals surface area contributed by atoms with Crippen LogP contribution in [0.5, 0.6) is 0 Å². The topological polar surface area (TPSA) is 46.6 Å². The number of amides is 1. The van der Waals surface area contributed by atoms with Crippen molar-refractivity contribution in [2.75, 3.05) is 6.54 Å². The summed E-state index contributed by atoms with van der Waals surface area (Å²) in [6, 6.07) is 9.24. The van der Waals surface area contributed by atoms with Crippen molar-refractivity contribution in [1.82, 2.24) is 4.90 Å². The summed E-state index contributed by atoms with van der Waals surface area (Å²) in [4.78, 5) is 26.3. The zero-order valence-electron chi connectivity index (χ0n) is 12.3.